The van der Waals surface area contributed by atoms with Gasteiger partial charge in [-0.15, -0.1) is 0 Å². The Kier molecular flexibility index (Phi) is 7.59. The highest BCUT2D eigenvalue weighted by Crippen LogP contribution is 2.31. The van der Waals surface area contributed by atoms with Crippen molar-refractivity contribution in [3.05, 3.63) is 58.2 Å². The molecule has 1 aliphatic rings. The molecule has 0 bridgehead atoms. The predicted molar refractivity (Wildman–Crippen MR) is 132 cm³/mol. The number of aryl methyl sites for hydroxylation is 1. The Hall–Kier alpha value is -3.24. The van der Waals surface area contributed by atoms with Crippen molar-refractivity contribution in [1.29, 1.82) is 0 Å². The van der Waals surface area contributed by atoms with Crippen LogP contribution in [0.25, 0.3) is 11.0 Å². The number of benzene rings is 2. The van der Waals surface area contributed by atoms with E-state index in [9.17, 15) is 19.8 Å². The molecule has 5 N–H and O–H groups in total. The van der Waals surface area contributed by atoms with Crippen LogP contribution in [0.4, 0.5) is 5.82 Å². The monoisotopic (exact) mass is 527 g/mol. The number of nitrogens with zero attached hydrogens (tertiary/aromatic N) is 2. The number of hydrogen-bond acceptors (Lipinski definition) is 7. The summed E-state index contributed by atoms with van der Waals surface area (Å²) in [6.07, 6.45) is 4.25. The van der Waals surface area contributed by atoms with Crippen molar-refractivity contribution >= 4 is 44.7 Å². The number of aromatic hydroxyl groups is 1. The van der Waals surface area contributed by atoms with E-state index in [0.29, 0.717) is 59.2 Å². The number of piperidine rings is 1. The van der Waals surface area contributed by atoms with Crippen molar-refractivity contribution in [2.75, 3.05) is 18.4 Å². The molecule has 10 heteroatoms. The van der Waals surface area contributed by atoms with Crippen molar-refractivity contribution in [2.24, 2.45) is 0 Å². The van der Waals surface area contributed by atoms with Gasteiger partial charge in [0.25, 0.3) is 0 Å². The van der Waals surface area contributed by atoms with E-state index < -0.39 is 5.97 Å². The van der Waals surface area contributed by atoms with Gasteiger partial charge in [0.05, 0.1) is 27.8 Å². The number of carbonyl (C=O) groups excluding carboxylic acids is 1. The fraction of sp³-hybridized carbons (Fsp3) is 0.333. The molecule has 2 heterocycles. The second-order valence-electron chi connectivity index (χ2n) is 8.25. The number of aromatic nitrogens is 2. The minimum Gasteiger partial charge on any atom is -0.504 e. The minimum atomic E-state index is -0.941. The summed E-state index contributed by atoms with van der Waals surface area (Å²) in [5.74, 6) is -0.432. The Morgan fingerprint density at radius 3 is 2.85 bits per heavy atom. The van der Waals surface area contributed by atoms with Crippen LogP contribution in [-0.2, 0) is 11.2 Å². The highest BCUT2D eigenvalue weighted by molar-refractivity contribution is 9.10. The summed E-state index contributed by atoms with van der Waals surface area (Å²) in [7, 11) is 0. The summed E-state index contributed by atoms with van der Waals surface area (Å²) in [6.45, 7) is 1.15. The van der Waals surface area contributed by atoms with Gasteiger partial charge in [0.1, 0.15) is 11.3 Å². The Bertz CT molecular complexity index is 1210. The maximum atomic E-state index is 12.7. The highest BCUT2D eigenvalue weighted by atomic mass is 79.9. The Balaban J connectivity index is 1.29. The van der Waals surface area contributed by atoms with Crippen molar-refractivity contribution in [3.63, 3.8) is 0 Å². The number of phenols is 1. The molecule has 1 aromatic heterocycles. The maximum absolute atomic E-state index is 12.7. The lowest BCUT2D eigenvalue weighted by Gasteiger charge is -2.30. The third-order valence-corrected chi connectivity index (χ3v) is 6.52. The molecule has 0 saturated carbocycles. The molecule has 2 aromatic carbocycles. The summed E-state index contributed by atoms with van der Waals surface area (Å²) in [5.41, 5.74) is 2.07. The van der Waals surface area contributed by atoms with Crippen LogP contribution in [0.5, 0.6) is 5.75 Å². The van der Waals surface area contributed by atoms with E-state index in [4.69, 9.17) is 0 Å². The minimum absolute atomic E-state index is 0.0282. The quantitative estimate of drug-likeness (QED) is 0.282. The number of carbonyl (C=O) groups is 2. The third kappa shape index (κ3) is 5.63. The average Bonchev–Trinajstić information content (AvgIpc) is 2.84. The number of hydrogen-bond donors (Lipinski definition) is 5. The van der Waals surface area contributed by atoms with Crippen LogP contribution in [0.1, 0.15) is 35.2 Å². The summed E-state index contributed by atoms with van der Waals surface area (Å²) in [5, 5.41) is 29.1. The Morgan fingerprint density at radius 2 is 2.03 bits per heavy atom. The topological polar surface area (TPSA) is 136 Å². The smallest absolute Gasteiger partial charge is 0.335 e. The fourth-order valence-electron chi connectivity index (χ4n) is 4.13. The second kappa shape index (κ2) is 10.8. The second-order valence-corrected chi connectivity index (χ2v) is 9.10. The number of carboxylic acid groups (broad SMARTS) is 1. The Morgan fingerprint density at radius 1 is 1.21 bits per heavy atom. The number of amides is 1. The van der Waals surface area contributed by atoms with E-state index >= 15 is 0 Å². The molecule has 1 amide bonds. The van der Waals surface area contributed by atoms with Gasteiger partial charge in [-0.1, -0.05) is 18.2 Å². The van der Waals surface area contributed by atoms with E-state index in [0.717, 1.165) is 12.0 Å². The SMILES string of the molecule is O=C(O)c1ccccc1CCCNC(=O)[C@@H]1C[C@@H](Nc2cnc3ccc(Br)c(O)c3n2)CCN1. The molecule has 0 spiro atoms. The fourth-order valence-corrected chi connectivity index (χ4v) is 4.45. The molecule has 3 aromatic rings. The number of halogens is 1. The lowest BCUT2D eigenvalue weighted by atomic mass is 9.98. The van der Waals surface area contributed by atoms with Crippen molar-refractivity contribution in [1.82, 2.24) is 20.6 Å². The number of phenolic OH excluding ortho intramolecular Hbond substituents is 1. The van der Waals surface area contributed by atoms with Crippen LogP contribution in [0, 0.1) is 0 Å². The Labute approximate surface area is 205 Å². The zero-order chi connectivity index (χ0) is 24.1. The number of aromatic carboxylic acids is 1. The van der Waals surface area contributed by atoms with Gasteiger partial charge in [-0.05, 0) is 71.9 Å². The molecule has 0 radical (unpaired) electrons. The van der Waals surface area contributed by atoms with E-state index in [1.807, 2.05) is 6.07 Å². The normalized spacial score (nSPS) is 17.9. The molecule has 0 unspecified atom stereocenters. The lowest BCUT2D eigenvalue weighted by molar-refractivity contribution is -0.123. The van der Waals surface area contributed by atoms with Crippen molar-refractivity contribution in [3.8, 4) is 5.75 Å². The van der Waals surface area contributed by atoms with Gasteiger partial charge in [-0.25, -0.2) is 9.78 Å². The number of nitrogens with one attached hydrogen (secondary N) is 3. The first-order valence-corrected chi connectivity index (χ1v) is 11.9. The summed E-state index contributed by atoms with van der Waals surface area (Å²) in [4.78, 5) is 32.8. The summed E-state index contributed by atoms with van der Waals surface area (Å²) in [6, 6.07) is 10.1. The van der Waals surface area contributed by atoms with E-state index in [-0.39, 0.29) is 23.7 Å². The largest absolute Gasteiger partial charge is 0.504 e. The van der Waals surface area contributed by atoms with E-state index in [1.165, 1.54) is 0 Å². The van der Waals surface area contributed by atoms with Gasteiger partial charge < -0.3 is 26.2 Å². The van der Waals surface area contributed by atoms with Crippen LogP contribution < -0.4 is 16.0 Å². The molecule has 4 rings (SSSR count). The predicted octanol–water partition coefficient (Wildman–Crippen LogP) is 3.08. The van der Waals surface area contributed by atoms with Crippen molar-refractivity contribution in [2.45, 2.75) is 37.8 Å². The first kappa shape index (κ1) is 23.9. The lowest BCUT2D eigenvalue weighted by Crippen LogP contribution is -2.51. The van der Waals surface area contributed by atoms with Gasteiger partial charge in [0.2, 0.25) is 5.91 Å². The van der Waals surface area contributed by atoms with Crippen molar-refractivity contribution < 1.29 is 19.8 Å². The van der Waals surface area contributed by atoms with Crippen LogP contribution in [0.3, 0.4) is 0 Å². The van der Waals surface area contributed by atoms with Gasteiger partial charge in [0, 0.05) is 12.6 Å². The van der Waals surface area contributed by atoms with Crippen LogP contribution in [0.2, 0.25) is 0 Å². The average molecular weight is 528 g/mol. The third-order valence-electron chi connectivity index (χ3n) is 5.88. The number of rotatable bonds is 8. The van der Waals surface area contributed by atoms with Gasteiger partial charge in [0.15, 0.2) is 5.75 Å². The summed E-state index contributed by atoms with van der Waals surface area (Å²) >= 11 is 3.29. The molecule has 9 nitrogen and oxygen atoms in total. The zero-order valence-electron chi connectivity index (χ0n) is 18.4. The first-order valence-electron chi connectivity index (χ1n) is 11.2. The molecule has 178 valence electrons. The van der Waals surface area contributed by atoms with E-state index in [2.05, 4.69) is 41.8 Å². The number of fused-ring (bicyclic) bond motifs is 1. The molecule has 1 aliphatic heterocycles. The van der Waals surface area contributed by atoms with Crippen LogP contribution >= 0.6 is 15.9 Å². The van der Waals surface area contributed by atoms with Gasteiger partial charge in [-0.2, -0.15) is 0 Å². The van der Waals surface area contributed by atoms with Crippen LogP contribution in [-0.4, -0.2) is 57.2 Å². The molecule has 1 fully saturated rings. The van der Waals surface area contributed by atoms with Gasteiger partial charge in [-0.3, -0.25) is 9.78 Å². The zero-order valence-corrected chi connectivity index (χ0v) is 20.0. The molecular formula is C24H26BrN5O4. The molecule has 1 saturated heterocycles. The molecule has 0 aliphatic carbocycles. The molecular weight excluding hydrogens is 502 g/mol. The number of anilines is 1. The van der Waals surface area contributed by atoms with E-state index in [1.54, 1.807) is 36.5 Å². The first-order chi connectivity index (χ1) is 16.4. The standard InChI is InChI=1S/C24H26BrN5O4/c25-17-7-8-18-21(22(17)31)30-20(13-28-18)29-15-9-11-26-19(12-15)23(32)27-10-3-5-14-4-1-2-6-16(14)24(33)34/h1-2,4,6-8,13,15,19,26,31H,3,5,9-12H2,(H,27,32)(H,29,30)(H,33,34)/t15-,19-/m0/s1. The maximum Gasteiger partial charge on any atom is 0.335 e. The highest BCUT2D eigenvalue weighted by Gasteiger charge is 2.27. The molecule has 34 heavy (non-hydrogen) atoms. The number of carboxylic acids is 1. The van der Waals surface area contributed by atoms with Crippen LogP contribution in [0.15, 0.2) is 47.1 Å². The molecule has 2 atom stereocenters. The summed E-state index contributed by atoms with van der Waals surface area (Å²) < 4.78 is 0.552. The van der Waals surface area contributed by atoms with Gasteiger partial charge >= 0.3 is 5.97 Å².